The monoisotopic (exact) mass is 533 g/mol. The van der Waals surface area contributed by atoms with Crippen LogP contribution < -0.4 is 4.90 Å². The number of morpholine rings is 1. The highest BCUT2D eigenvalue weighted by molar-refractivity contribution is 14.1. The Labute approximate surface area is 197 Å². The van der Waals surface area contributed by atoms with Gasteiger partial charge in [-0.25, -0.2) is 0 Å². The number of carbonyl (C=O) groups excluding carboxylic acids is 2. The largest absolute Gasteiger partial charge is 0.378 e. The van der Waals surface area contributed by atoms with Gasteiger partial charge < -0.3 is 14.5 Å². The molecule has 0 saturated carbocycles. The summed E-state index contributed by atoms with van der Waals surface area (Å²) >= 11 is 2.24. The molecule has 0 atom stereocenters. The standard InChI is InChI=1S/C24H28IN3O3/c25-21-5-1-20(2-6-21)24(30)28-13-11-26(12-14-28)10-9-23(29)19-3-7-22(8-4-19)27-15-17-31-18-16-27/h1-8H,9-18H2. The average molecular weight is 533 g/mol. The summed E-state index contributed by atoms with van der Waals surface area (Å²) in [5.74, 6) is 0.262. The molecule has 2 aliphatic rings. The smallest absolute Gasteiger partial charge is 0.253 e. The van der Waals surface area contributed by atoms with Crippen LogP contribution in [-0.2, 0) is 4.74 Å². The summed E-state index contributed by atoms with van der Waals surface area (Å²) in [6.45, 7) is 7.04. The quantitative estimate of drug-likeness (QED) is 0.422. The molecule has 2 heterocycles. The molecule has 0 bridgehead atoms. The van der Waals surface area contributed by atoms with Crippen molar-refractivity contribution in [3.63, 3.8) is 0 Å². The Balaban J connectivity index is 1.22. The number of amides is 1. The predicted molar refractivity (Wildman–Crippen MR) is 130 cm³/mol. The molecule has 2 fully saturated rings. The summed E-state index contributed by atoms with van der Waals surface area (Å²) in [4.78, 5) is 31.8. The minimum Gasteiger partial charge on any atom is -0.378 e. The first-order valence-electron chi connectivity index (χ1n) is 10.8. The zero-order valence-electron chi connectivity index (χ0n) is 17.6. The number of ketones is 1. The van der Waals surface area contributed by atoms with Gasteiger partial charge in [-0.1, -0.05) is 0 Å². The summed E-state index contributed by atoms with van der Waals surface area (Å²) in [5, 5.41) is 0. The number of Topliss-reactive ketones (excluding diaryl/α,β-unsaturated/α-hetero) is 1. The van der Waals surface area contributed by atoms with E-state index in [-0.39, 0.29) is 11.7 Å². The van der Waals surface area contributed by atoms with Gasteiger partial charge in [0, 0.05) is 72.6 Å². The maximum Gasteiger partial charge on any atom is 0.253 e. The Kier molecular flexibility index (Phi) is 7.58. The lowest BCUT2D eigenvalue weighted by Crippen LogP contribution is -2.49. The van der Waals surface area contributed by atoms with E-state index in [9.17, 15) is 9.59 Å². The first kappa shape index (κ1) is 22.2. The minimum absolute atomic E-state index is 0.0903. The first-order valence-corrected chi connectivity index (χ1v) is 11.9. The van der Waals surface area contributed by atoms with E-state index in [1.54, 1.807) is 0 Å². The van der Waals surface area contributed by atoms with E-state index in [1.807, 2.05) is 53.4 Å². The van der Waals surface area contributed by atoms with Gasteiger partial charge in [-0.15, -0.1) is 0 Å². The van der Waals surface area contributed by atoms with Gasteiger partial charge in [0.2, 0.25) is 0 Å². The second-order valence-electron chi connectivity index (χ2n) is 7.96. The third kappa shape index (κ3) is 5.84. The van der Waals surface area contributed by atoms with Crippen molar-refractivity contribution >= 4 is 40.0 Å². The highest BCUT2D eigenvalue weighted by Crippen LogP contribution is 2.18. The van der Waals surface area contributed by atoms with E-state index in [2.05, 4.69) is 32.4 Å². The Bertz CT molecular complexity index is 887. The van der Waals surface area contributed by atoms with Crippen LogP contribution in [0.15, 0.2) is 48.5 Å². The van der Waals surface area contributed by atoms with Crippen molar-refractivity contribution < 1.29 is 14.3 Å². The van der Waals surface area contributed by atoms with E-state index < -0.39 is 0 Å². The lowest BCUT2D eigenvalue weighted by molar-refractivity contribution is 0.0628. The van der Waals surface area contributed by atoms with Crippen LogP contribution in [0.1, 0.15) is 27.1 Å². The molecular formula is C24H28IN3O3. The molecule has 0 spiro atoms. The molecule has 0 aliphatic carbocycles. The van der Waals surface area contributed by atoms with Crippen molar-refractivity contribution in [3.05, 3.63) is 63.2 Å². The van der Waals surface area contributed by atoms with Crippen molar-refractivity contribution in [3.8, 4) is 0 Å². The first-order chi connectivity index (χ1) is 15.1. The second kappa shape index (κ2) is 10.6. The molecule has 0 aromatic heterocycles. The van der Waals surface area contributed by atoms with Crippen molar-refractivity contribution in [2.24, 2.45) is 0 Å². The number of anilines is 1. The Hall–Kier alpha value is -1.97. The van der Waals surface area contributed by atoms with Crippen LogP contribution in [0.4, 0.5) is 5.69 Å². The number of piperazine rings is 1. The molecule has 2 aliphatic heterocycles. The number of carbonyl (C=O) groups is 2. The zero-order valence-corrected chi connectivity index (χ0v) is 19.8. The molecule has 2 aromatic rings. The summed E-state index contributed by atoms with van der Waals surface area (Å²) < 4.78 is 6.52. The molecular weight excluding hydrogens is 505 g/mol. The van der Waals surface area contributed by atoms with Crippen molar-refractivity contribution in [2.45, 2.75) is 6.42 Å². The van der Waals surface area contributed by atoms with Crippen LogP contribution in [0.5, 0.6) is 0 Å². The highest BCUT2D eigenvalue weighted by Gasteiger charge is 2.22. The highest BCUT2D eigenvalue weighted by atomic mass is 127. The van der Waals surface area contributed by atoms with Gasteiger partial charge in [0.15, 0.2) is 5.78 Å². The number of ether oxygens (including phenoxy) is 1. The van der Waals surface area contributed by atoms with Gasteiger partial charge in [-0.05, 0) is 71.1 Å². The van der Waals surface area contributed by atoms with Gasteiger partial charge in [-0.3, -0.25) is 14.5 Å². The molecule has 0 unspecified atom stereocenters. The molecule has 164 valence electrons. The maximum absolute atomic E-state index is 12.7. The van der Waals surface area contributed by atoms with Crippen LogP contribution in [0.3, 0.4) is 0 Å². The van der Waals surface area contributed by atoms with Crippen LogP contribution in [-0.4, -0.2) is 80.5 Å². The van der Waals surface area contributed by atoms with E-state index in [0.29, 0.717) is 19.5 Å². The summed E-state index contributed by atoms with van der Waals surface area (Å²) in [6, 6.07) is 15.6. The van der Waals surface area contributed by atoms with Crippen molar-refractivity contribution in [1.82, 2.24) is 9.80 Å². The summed E-state index contributed by atoms with van der Waals surface area (Å²) in [5.41, 5.74) is 2.66. The molecule has 1 amide bonds. The third-order valence-electron chi connectivity index (χ3n) is 5.97. The second-order valence-corrected chi connectivity index (χ2v) is 9.21. The van der Waals surface area contributed by atoms with Crippen molar-refractivity contribution in [2.75, 3.05) is 63.9 Å². The Morgan fingerprint density at radius 1 is 0.806 bits per heavy atom. The van der Waals surface area contributed by atoms with Gasteiger partial charge in [0.25, 0.3) is 5.91 Å². The lowest BCUT2D eigenvalue weighted by atomic mass is 10.1. The van der Waals surface area contributed by atoms with Gasteiger partial charge in [0.1, 0.15) is 0 Å². The molecule has 31 heavy (non-hydrogen) atoms. The fourth-order valence-corrected chi connectivity index (χ4v) is 4.39. The van der Waals surface area contributed by atoms with Crippen LogP contribution in [0.2, 0.25) is 0 Å². The van der Waals surface area contributed by atoms with Crippen LogP contribution in [0.25, 0.3) is 0 Å². The van der Waals surface area contributed by atoms with Crippen molar-refractivity contribution in [1.29, 1.82) is 0 Å². The number of benzene rings is 2. The number of halogens is 1. The molecule has 0 radical (unpaired) electrons. The average Bonchev–Trinajstić information content (AvgIpc) is 2.83. The lowest BCUT2D eigenvalue weighted by Gasteiger charge is -2.34. The maximum atomic E-state index is 12.7. The normalized spacial score (nSPS) is 17.6. The predicted octanol–water partition coefficient (Wildman–Crippen LogP) is 3.16. The van der Waals surface area contributed by atoms with Gasteiger partial charge in [-0.2, -0.15) is 0 Å². The van der Waals surface area contributed by atoms with E-state index in [1.165, 1.54) is 0 Å². The van der Waals surface area contributed by atoms with E-state index in [0.717, 1.165) is 66.3 Å². The minimum atomic E-state index is 0.0903. The van der Waals surface area contributed by atoms with Gasteiger partial charge in [0.05, 0.1) is 13.2 Å². The molecule has 6 nitrogen and oxygen atoms in total. The Morgan fingerprint density at radius 3 is 2.06 bits per heavy atom. The number of hydrogen-bond donors (Lipinski definition) is 0. The summed E-state index contributed by atoms with van der Waals surface area (Å²) in [7, 11) is 0. The number of rotatable bonds is 6. The zero-order chi connectivity index (χ0) is 21.6. The number of hydrogen-bond acceptors (Lipinski definition) is 5. The number of nitrogens with zero attached hydrogens (tertiary/aromatic N) is 3. The molecule has 2 aromatic carbocycles. The molecule has 2 saturated heterocycles. The summed E-state index contributed by atoms with van der Waals surface area (Å²) in [6.07, 6.45) is 0.502. The van der Waals surface area contributed by atoms with Gasteiger partial charge >= 0.3 is 0 Å². The topological polar surface area (TPSA) is 53.1 Å². The molecule has 4 rings (SSSR count). The van der Waals surface area contributed by atoms with Crippen LogP contribution >= 0.6 is 22.6 Å². The molecule has 0 N–H and O–H groups in total. The van der Waals surface area contributed by atoms with E-state index >= 15 is 0 Å². The SMILES string of the molecule is O=C(CCN1CCN(C(=O)c2ccc(I)cc2)CC1)c1ccc(N2CCOCC2)cc1. The Morgan fingerprint density at radius 2 is 1.42 bits per heavy atom. The molecule has 7 heteroatoms. The fraction of sp³-hybridized carbons (Fsp3) is 0.417. The van der Waals surface area contributed by atoms with Crippen LogP contribution in [0, 0.1) is 3.57 Å². The fourth-order valence-electron chi connectivity index (χ4n) is 4.03. The van der Waals surface area contributed by atoms with E-state index in [4.69, 9.17) is 4.74 Å². The third-order valence-corrected chi connectivity index (χ3v) is 6.69.